The van der Waals surface area contributed by atoms with Crippen molar-refractivity contribution < 1.29 is 0 Å². The fourth-order valence-corrected chi connectivity index (χ4v) is 9.01. The van der Waals surface area contributed by atoms with Crippen LogP contribution in [0.2, 0.25) is 0 Å². The molecule has 11 aromatic rings. The van der Waals surface area contributed by atoms with Crippen molar-refractivity contribution in [3.8, 4) is 45.0 Å². The van der Waals surface area contributed by atoms with Crippen LogP contribution in [0.1, 0.15) is 0 Å². The third kappa shape index (κ3) is 4.82. The molecule has 4 aromatic heterocycles. The van der Waals surface area contributed by atoms with Crippen molar-refractivity contribution in [2.45, 2.75) is 0 Å². The van der Waals surface area contributed by atoms with Gasteiger partial charge >= 0.3 is 0 Å². The van der Waals surface area contributed by atoms with Gasteiger partial charge in [-0.1, -0.05) is 84.9 Å². The number of hydrogen-bond acceptors (Lipinski definition) is 3. The van der Waals surface area contributed by atoms with Gasteiger partial charge in [-0.3, -0.25) is 9.55 Å². The minimum atomic E-state index is 0.915. The number of benzene rings is 7. The van der Waals surface area contributed by atoms with Crippen LogP contribution >= 0.6 is 11.3 Å². The smallest absolute Gasteiger partial charge is 0.145 e. The number of para-hydroxylation sites is 3. The SMILES string of the molecule is c1ccc2c(c1)nc(-c1ccc(-c3ccncc3)cc1)n2-c1ccc(-n2c3ccccc3c3cc(-c4ccc5sc6ccccc6c5c4)ccc32)cc1. The molecule has 0 aliphatic carbocycles. The number of thiophene rings is 1. The normalized spacial score (nSPS) is 11.8. The Hall–Kier alpha value is -6.82. The summed E-state index contributed by atoms with van der Waals surface area (Å²) < 4.78 is 7.31. The van der Waals surface area contributed by atoms with Gasteiger partial charge in [0, 0.05) is 60.3 Å². The highest BCUT2D eigenvalue weighted by atomic mass is 32.1. The van der Waals surface area contributed by atoms with E-state index >= 15 is 0 Å². The molecule has 0 radical (unpaired) electrons. The quantitative estimate of drug-likeness (QED) is 0.180. The number of fused-ring (bicyclic) bond motifs is 7. The second-order valence-corrected chi connectivity index (χ2v) is 14.6. The third-order valence-corrected chi connectivity index (χ3v) is 11.6. The first kappa shape index (κ1) is 29.9. The number of imidazole rings is 1. The highest BCUT2D eigenvalue weighted by Gasteiger charge is 2.17. The largest absolute Gasteiger partial charge is 0.309 e. The van der Waals surface area contributed by atoms with E-state index in [9.17, 15) is 0 Å². The van der Waals surface area contributed by atoms with Gasteiger partial charge < -0.3 is 4.57 Å². The zero-order chi connectivity index (χ0) is 34.9. The van der Waals surface area contributed by atoms with Crippen LogP contribution < -0.4 is 0 Å². The Balaban J connectivity index is 1.01. The Kier molecular flexibility index (Phi) is 6.69. The van der Waals surface area contributed by atoms with Gasteiger partial charge in [-0.05, 0) is 107 Å². The maximum atomic E-state index is 5.13. The Morgan fingerprint density at radius 2 is 0.943 bits per heavy atom. The van der Waals surface area contributed by atoms with Gasteiger partial charge in [0.2, 0.25) is 0 Å². The van der Waals surface area contributed by atoms with Gasteiger partial charge in [0.15, 0.2) is 0 Å². The van der Waals surface area contributed by atoms with Crippen molar-refractivity contribution >= 4 is 64.3 Å². The van der Waals surface area contributed by atoms with E-state index in [0.717, 1.165) is 44.9 Å². The summed E-state index contributed by atoms with van der Waals surface area (Å²) in [6, 6.07) is 61.2. The lowest BCUT2D eigenvalue weighted by Crippen LogP contribution is -1.99. The number of hydrogen-bond donors (Lipinski definition) is 0. The third-order valence-electron chi connectivity index (χ3n) is 10.5. The van der Waals surface area contributed by atoms with Crippen molar-refractivity contribution in [3.05, 3.63) is 182 Å². The number of nitrogens with zero attached hydrogens (tertiary/aromatic N) is 4. The Morgan fingerprint density at radius 1 is 0.377 bits per heavy atom. The average molecular weight is 695 g/mol. The van der Waals surface area contributed by atoms with Crippen molar-refractivity contribution in [3.63, 3.8) is 0 Å². The molecule has 0 aliphatic rings. The van der Waals surface area contributed by atoms with Gasteiger partial charge in [0.05, 0.1) is 22.1 Å². The molecule has 4 heterocycles. The summed E-state index contributed by atoms with van der Waals surface area (Å²) in [5, 5.41) is 5.14. The molecule has 0 saturated carbocycles. The Morgan fingerprint density at radius 3 is 1.75 bits per heavy atom. The van der Waals surface area contributed by atoms with Crippen LogP contribution in [-0.2, 0) is 0 Å². The van der Waals surface area contributed by atoms with E-state index in [2.05, 4.69) is 172 Å². The topological polar surface area (TPSA) is 35.6 Å². The molecule has 0 fully saturated rings. The molecular formula is C48H30N4S. The molecule has 53 heavy (non-hydrogen) atoms. The summed E-state index contributed by atoms with van der Waals surface area (Å²) in [5.74, 6) is 0.915. The molecule has 0 N–H and O–H groups in total. The lowest BCUT2D eigenvalue weighted by molar-refractivity contribution is 1.09. The maximum Gasteiger partial charge on any atom is 0.145 e. The summed E-state index contributed by atoms with van der Waals surface area (Å²) >= 11 is 1.86. The summed E-state index contributed by atoms with van der Waals surface area (Å²) in [4.78, 5) is 9.30. The van der Waals surface area contributed by atoms with Gasteiger partial charge in [-0.15, -0.1) is 11.3 Å². The lowest BCUT2D eigenvalue weighted by atomic mass is 10.0. The van der Waals surface area contributed by atoms with E-state index in [1.807, 2.05) is 35.9 Å². The standard InChI is InChI=1S/C48H30N4S/c1-4-10-43-38(7-1)40-29-34(35-18-24-47-41(30-35)39-8-2-6-12-46(39)53-47)17-23-44(40)51(43)36-19-21-37(22-20-36)52-45-11-5-3-9-42(45)50-48(52)33-15-13-31(14-16-33)32-25-27-49-28-26-32/h1-30H. The van der Waals surface area contributed by atoms with E-state index in [0.29, 0.717) is 0 Å². The molecule has 0 amide bonds. The van der Waals surface area contributed by atoms with Crippen LogP contribution in [0.15, 0.2) is 182 Å². The van der Waals surface area contributed by atoms with E-state index in [1.165, 1.54) is 53.1 Å². The molecule has 0 aliphatic heterocycles. The number of aromatic nitrogens is 4. The van der Waals surface area contributed by atoms with Crippen molar-refractivity contribution in [2.75, 3.05) is 0 Å². The maximum absolute atomic E-state index is 5.13. The zero-order valence-corrected chi connectivity index (χ0v) is 29.3. The lowest BCUT2D eigenvalue weighted by Gasteiger charge is -2.13. The fraction of sp³-hybridized carbons (Fsp3) is 0. The summed E-state index contributed by atoms with van der Waals surface area (Å²) in [5.41, 5.74) is 12.4. The first-order valence-electron chi connectivity index (χ1n) is 17.8. The molecule has 0 bridgehead atoms. The van der Waals surface area contributed by atoms with Crippen LogP contribution in [0.25, 0.3) is 98.0 Å². The summed E-state index contributed by atoms with van der Waals surface area (Å²) in [7, 11) is 0. The molecule has 0 saturated heterocycles. The number of rotatable bonds is 5. The van der Waals surface area contributed by atoms with E-state index in [-0.39, 0.29) is 0 Å². The molecule has 0 unspecified atom stereocenters. The molecule has 4 nitrogen and oxygen atoms in total. The van der Waals surface area contributed by atoms with E-state index in [1.54, 1.807) is 0 Å². The molecule has 0 atom stereocenters. The highest BCUT2D eigenvalue weighted by Crippen LogP contribution is 2.39. The first-order valence-corrected chi connectivity index (χ1v) is 18.6. The second-order valence-electron chi connectivity index (χ2n) is 13.5. The van der Waals surface area contributed by atoms with E-state index < -0.39 is 0 Å². The van der Waals surface area contributed by atoms with Crippen molar-refractivity contribution in [1.29, 1.82) is 0 Å². The molecular weight excluding hydrogens is 665 g/mol. The molecule has 248 valence electrons. The highest BCUT2D eigenvalue weighted by molar-refractivity contribution is 7.25. The van der Waals surface area contributed by atoms with Crippen LogP contribution in [0, 0.1) is 0 Å². The van der Waals surface area contributed by atoms with Crippen molar-refractivity contribution in [2.24, 2.45) is 0 Å². The Labute approximate surface area is 309 Å². The van der Waals surface area contributed by atoms with Gasteiger partial charge in [-0.25, -0.2) is 4.98 Å². The van der Waals surface area contributed by atoms with Crippen LogP contribution in [0.4, 0.5) is 0 Å². The average Bonchev–Trinajstić information content (AvgIpc) is 3.91. The minimum Gasteiger partial charge on any atom is -0.309 e. The van der Waals surface area contributed by atoms with Gasteiger partial charge in [0.1, 0.15) is 5.82 Å². The zero-order valence-electron chi connectivity index (χ0n) is 28.5. The second kappa shape index (κ2) is 11.9. The van der Waals surface area contributed by atoms with Gasteiger partial charge in [-0.2, -0.15) is 0 Å². The summed E-state index contributed by atoms with van der Waals surface area (Å²) in [6.07, 6.45) is 3.66. The van der Waals surface area contributed by atoms with Crippen LogP contribution in [0.3, 0.4) is 0 Å². The summed E-state index contributed by atoms with van der Waals surface area (Å²) in [6.45, 7) is 0. The number of pyridine rings is 1. The van der Waals surface area contributed by atoms with Crippen LogP contribution in [-0.4, -0.2) is 19.1 Å². The van der Waals surface area contributed by atoms with Crippen LogP contribution in [0.5, 0.6) is 0 Å². The Bertz CT molecular complexity index is 3150. The molecule has 5 heteroatoms. The fourth-order valence-electron chi connectivity index (χ4n) is 7.92. The predicted octanol–water partition coefficient (Wildman–Crippen LogP) is 12.9. The molecule has 11 rings (SSSR count). The van der Waals surface area contributed by atoms with Crippen molar-refractivity contribution in [1.82, 2.24) is 19.1 Å². The van der Waals surface area contributed by atoms with E-state index in [4.69, 9.17) is 4.98 Å². The predicted molar refractivity (Wildman–Crippen MR) is 222 cm³/mol. The monoisotopic (exact) mass is 694 g/mol. The minimum absolute atomic E-state index is 0.915. The van der Waals surface area contributed by atoms with Gasteiger partial charge in [0.25, 0.3) is 0 Å². The molecule has 0 spiro atoms. The first-order chi connectivity index (χ1) is 26.3. The molecule has 7 aromatic carbocycles.